The first-order valence-electron chi connectivity index (χ1n) is 12.3. The van der Waals surface area contributed by atoms with Crippen LogP contribution in [0.15, 0.2) is 35.1 Å². The number of hydrogen-bond donors (Lipinski definition) is 1. The molecule has 2 saturated heterocycles. The van der Waals surface area contributed by atoms with Crippen molar-refractivity contribution < 1.29 is 42.3 Å². The van der Waals surface area contributed by atoms with E-state index in [0.29, 0.717) is 25.2 Å². The summed E-state index contributed by atoms with van der Waals surface area (Å²) in [4.78, 5) is 52.2. The summed E-state index contributed by atoms with van der Waals surface area (Å²) in [5.41, 5.74) is 0.541. The number of carbonyl (C=O) groups is 4. The number of ether oxygens (including phenoxy) is 3. The lowest BCUT2D eigenvalue weighted by molar-refractivity contribution is -0.146. The molecule has 0 radical (unpaired) electrons. The fourth-order valence-electron chi connectivity index (χ4n) is 4.31. The Morgan fingerprint density at radius 2 is 2.00 bits per heavy atom. The Bertz CT molecular complexity index is 1280. The number of aromatic nitrogens is 1. The number of amides is 3. The minimum atomic E-state index is -1.84. The average molecular weight is 637 g/mol. The van der Waals surface area contributed by atoms with Crippen molar-refractivity contribution in [2.24, 2.45) is 0 Å². The highest BCUT2D eigenvalue weighted by Gasteiger charge is 2.37. The van der Waals surface area contributed by atoms with Gasteiger partial charge in [0.25, 0.3) is 5.91 Å². The van der Waals surface area contributed by atoms with Gasteiger partial charge in [0.15, 0.2) is 12.4 Å². The second-order valence-corrected chi connectivity index (χ2v) is 11.7. The van der Waals surface area contributed by atoms with E-state index < -0.39 is 46.4 Å². The fraction of sp³-hybridized carbons (Fsp3) is 0.458. The first-order valence-corrected chi connectivity index (χ1v) is 13.4. The van der Waals surface area contributed by atoms with Gasteiger partial charge >= 0.3 is 18.2 Å². The zero-order chi connectivity index (χ0) is 29.7. The molecule has 1 aromatic carbocycles. The Kier molecular flexibility index (Phi) is 9.66. The van der Waals surface area contributed by atoms with E-state index in [1.54, 1.807) is 11.0 Å². The third kappa shape index (κ3) is 8.27. The van der Waals surface area contributed by atoms with E-state index in [2.05, 4.69) is 15.2 Å². The normalized spacial score (nSPS) is 18.7. The van der Waals surface area contributed by atoms with Gasteiger partial charge < -0.3 is 29.0 Å². The maximum atomic E-state index is 15.2. The molecule has 0 saturated carbocycles. The molecular weight excluding hydrogens is 612 g/mol. The van der Waals surface area contributed by atoms with Crippen molar-refractivity contribution in [3.63, 3.8) is 0 Å². The standard InChI is InChI=1S/C24H25Cl3FN5O8/c1-14(34)38-12-21(35)29-15-4-6-31(9-15)19-3-2-16(8-18(19)28)32-10-17(41-23(32)37)11-33(20-5-7-40-30-20)22(36)39-13-24(25,26)27/h2-3,5,7-8,15,17H,4,6,9-13H2,1H3,(H,29,35)/t15-,17+/m0/s1. The molecule has 3 heterocycles. The second-order valence-electron chi connectivity index (χ2n) is 9.17. The SMILES string of the molecule is CC(=O)OCC(=O)N[C@H]1CCN(c2ccc(N3C[C@H](CN(C(=O)OCC(Cl)(Cl)Cl)c4ccon4)OC3=O)cc2F)C1. The molecular formula is C24H25Cl3FN5O8. The lowest BCUT2D eigenvalue weighted by atomic mass is 10.2. The summed E-state index contributed by atoms with van der Waals surface area (Å²) >= 11 is 17.0. The number of esters is 1. The Labute approximate surface area is 248 Å². The van der Waals surface area contributed by atoms with Crippen LogP contribution < -0.4 is 20.0 Å². The number of alkyl halides is 3. The first kappa shape index (κ1) is 30.5. The Hall–Kier alpha value is -3.49. The Balaban J connectivity index is 1.37. The van der Waals surface area contributed by atoms with E-state index in [4.69, 9.17) is 48.8 Å². The summed E-state index contributed by atoms with van der Waals surface area (Å²) in [6.45, 7) is 0.937. The van der Waals surface area contributed by atoms with Crippen LogP contribution >= 0.6 is 34.8 Å². The minimum Gasteiger partial charge on any atom is -0.456 e. The maximum absolute atomic E-state index is 15.2. The molecule has 2 atom stereocenters. The van der Waals surface area contributed by atoms with Crippen molar-refractivity contribution in [1.29, 1.82) is 0 Å². The van der Waals surface area contributed by atoms with Crippen molar-refractivity contribution in [2.45, 2.75) is 29.3 Å². The zero-order valence-electron chi connectivity index (χ0n) is 21.6. The number of cyclic esters (lactones) is 1. The van der Waals surface area contributed by atoms with Gasteiger partial charge in [-0.1, -0.05) is 40.0 Å². The van der Waals surface area contributed by atoms with Crippen LogP contribution in [0.5, 0.6) is 0 Å². The van der Waals surface area contributed by atoms with Crippen LogP contribution in [0.3, 0.4) is 0 Å². The molecule has 222 valence electrons. The summed E-state index contributed by atoms with van der Waals surface area (Å²) in [6, 6.07) is 5.45. The molecule has 4 rings (SSSR count). The molecule has 0 aliphatic carbocycles. The summed E-state index contributed by atoms with van der Waals surface area (Å²) in [5.74, 6) is -1.50. The highest BCUT2D eigenvalue weighted by atomic mass is 35.6. The number of benzene rings is 1. The molecule has 41 heavy (non-hydrogen) atoms. The lowest BCUT2D eigenvalue weighted by Crippen LogP contribution is -2.40. The predicted octanol–water partition coefficient (Wildman–Crippen LogP) is 3.41. The smallest absolute Gasteiger partial charge is 0.415 e. The van der Waals surface area contributed by atoms with Gasteiger partial charge in [0.05, 0.1) is 24.5 Å². The van der Waals surface area contributed by atoms with Crippen LogP contribution in [0.25, 0.3) is 0 Å². The molecule has 2 aliphatic rings. The number of hydrogen-bond acceptors (Lipinski definition) is 10. The molecule has 3 amide bonds. The summed E-state index contributed by atoms with van der Waals surface area (Å²) < 4.78 is 33.2. The van der Waals surface area contributed by atoms with Gasteiger partial charge in [0, 0.05) is 32.1 Å². The van der Waals surface area contributed by atoms with E-state index in [9.17, 15) is 19.2 Å². The van der Waals surface area contributed by atoms with Gasteiger partial charge in [-0.05, 0) is 24.6 Å². The molecule has 13 nitrogen and oxygen atoms in total. The van der Waals surface area contributed by atoms with E-state index in [0.717, 1.165) is 4.90 Å². The van der Waals surface area contributed by atoms with Crippen LogP contribution in [0.1, 0.15) is 13.3 Å². The monoisotopic (exact) mass is 635 g/mol. The molecule has 2 fully saturated rings. The number of halogens is 4. The molecule has 17 heteroatoms. The Morgan fingerprint density at radius 3 is 2.66 bits per heavy atom. The van der Waals surface area contributed by atoms with E-state index in [1.165, 1.54) is 36.3 Å². The molecule has 0 spiro atoms. The van der Waals surface area contributed by atoms with Crippen LogP contribution in [0.2, 0.25) is 0 Å². The van der Waals surface area contributed by atoms with Crippen LogP contribution in [-0.4, -0.2) is 84.6 Å². The van der Waals surface area contributed by atoms with Gasteiger partial charge in [-0.3, -0.25) is 19.4 Å². The van der Waals surface area contributed by atoms with Gasteiger partial charge in [0.2, 0.25) is 3.79 Å². The van der Waals surface area contributed by atoms with Gasteiger partial charge in [-0.2, -0.15) is 0 Å². The van der Waals surface area contributed by atoms with Crippen LogP contribution in [0.4, 0.5) is 31.2 Å². The second kappa shape index (κ2) is 13.0. The Morgan fingerprint density at radius 1 is 1.22 bits per heavy atom. The molecule has 0 unspecified atom stereocenters. The third-order valence-corrected chi connectivity index (χ3v) is 6.41. The highest BCUT2D eigenvalue weighted by Crippen LogP contribution is 2.31. The van der Waals surface area contributed by atoms with Crippen molar-refractivity contribution in [3.05, 3.63) is 36.3 Å². The first-order chi connectivity index (χ1) is 19.4. The van der Waals surface area contributed by atoms with E-state index >= 15 is 4.39 Å². The molecule has 1 aromatic heterocycles. The summed E-state index contributed by atoms with van der Waals surface area (Å²) in [5, 5.41) is 6.47. The highest BCUT2D eigenvalue weighted by molar-refractivity contribution is 6.67. The molecule has 0 bridgehead atoms. The van der Waals surface area contributed by atoms with Gasteiger partial charge in [-0.15, -0.1) is 0 Å². The minimum absolute atomic E-state index is 0.0101. The molecule has 2 aromatic rings. The van der Waals surface area contributed by atoms with Crippen molar-refractivity contribution in [3.8, 4) is 0 Å². The quantitative estimate of drug-likeness (QED) is 0.247. The summed E-state index contributed by atoms with van der Waals surface area (Å²) in [6.07, 6.45) is -0.687. The number of rotatable bonds is 9. The topological polar surface area (TPSA) is 144 Å². The number of anilines is 3. The third-order valence-electron chi connectivity index (χ3n) is 6.08. The van der Waals surface area contributed by atoms with Crippen LogP contribution in [0, 0.1) is 5.82 Å². The van der Waals surface area contributed by atoms with E-state index in [1.807, 2.05) is 0 Å². The van der Waals surface area contributed by atoms with E-state index in [-0.39, 0.29) is 37.2 Å². The number of carbonyl (C=O) groups excluding carboxylic acids is 4. The van der Waals surface area contributed by atoms with Crippen molar-refractivity contribution >= 4 is 76.1 Å². The largest absolute Gasteiger partial charge is 0.456 e. The number of nitrogens with zero attached hydrogens (tertiary/aromatic N) is 4. The number of nitrogens with one attached hydrogen (secondary N) is 1. The summed E-state index contributed by atoms with van der Waals surface area (Å²) in [7, 11) is 0. The average Bonchev–Trinajstić information content (AvgIpc) is 3.66. The van der Waals surface area contributed by atoms with Crippen LogP contribution in [-0.2, 0) is 23.8 Å². The van der Waals surface area contributed by atoms with Gasteiger partial charge in [0.1, 0.15) is 24.8 Å². The van der Waals surface area contributed by atoms with Gasteiger partial charge in [-0.25, -0.2) is 14.0 Å². The lowest BCUT2D eigenvalue weighted by Gasteiger charge is -2.23. The maximum Gasteiger partial charge on any atom is 0.415 e. The van der Waals surface area contributed by atoms with Crippen molar-refractivity contribution in [2.75, 3.05) is 54.1 Å². The fourth-order valence-corrected chi connectivity index (χ4v) is 4.48. The molecule has 2 aliphatic heterocycles. The molecule has 1 N–H and O–H groups in total. The predicted molar refractivity (Wildman–Crippen MR) is 145 cm³/mol. The van der Waals surface area contributed by atoms with Crippen molar-refractivity contribution in [1.82, 2.24) is 10.5 Å². The zero-order valence-corrected chi connectivity index (χ0v) is 23.8.